The minimum absolute atomic E-state index is 0.153. The number of nitrogens with one attached hydrogen (secondary N) is 1. The molecule has 0 aliphatic carbocycles. The van der Waals surface area contributed by atoms with Crippen LogP contribution in [0.15, 0.2) is 29.3 Å². The van der Waals surface area contributed by atoms with Gasteiger partial charge in [-0.05, 0) is 17.7 Å². The monoisotopic (exact) mass is 177 g/mol. The lowest BCUT2D eigenvalue weighted by Gasteiger charge is -2.10. The molecular weight excluding hydrogens is 166 g/mol. The predicted octanol–water partition coefficient (Wildman–Crippen LogP) is 0.351. The number of benzene rings is 1. The first-order chi connectivity index (χ1) is 6.25. The summed E-state index contributed by atoms with van der Waals surface area (Å²) in [6, 6.07) is 7.19. The number of aliphatic imine (C=N–C) groups is 1. The van der Waals surface area contributed by atoms with Crippen LogP contribution in [0.4, 0.5) is 0 Å². The van der Waals surface area contributed by atoms with E-state index in [1.54, 1.807) is 12.1 Å². The lowest BCUT2D eigenvalue weighted by molar-refractivity contribution is 0.475. The number of hydrogen-bond acceptors (Lipinski definition) is 4. The minimum Gasteiger partial charge on any atom is -0.508 e. The number of phenolic OH excluding ortho intramolecular Hbond substituents is 1. The zero-order valence-electron chi connectivity index (χ0n) is 7.07. The van der Waals surface area contributed by atoms with Gasteiger partial charge in [-0.2, -0.15) is 0 Å². The Morgan fingerprint density at radius 2 is 2.08 bits per heavy atom. The van der Waals surface area contributed by atoms with Gasteiger partial charge in [0.1, 0.15) is 5.75 Å². The highest BCUT2D eigenvalue weighted by molar-refractivity contribution is 5.80. The summed E-state index contributed by atoms with van der Waals surface area (Å²) < 4.78 is 0. The van der Waals surface area contributed by atoms with E-state index in [4.69, 9.17) is 10.8 Å². The van der Waals surface area contributed by atoms with Crippen molar-refractivity contribution in [3.05, 3.63) is 29.8 Å². The Morgan fingerprint density at radius 3 is 2.62 bits per heavy atom. The van der Waals surface area contributed by atoms with Crippen molar-refractivity contribution >= 4 is 5.96 Å². The Balaban J connectivity index is 2.14. The SMILES string of the molecule is NC1=NC[C@H](c2ccc(O)cc2)N1. The molecule has 0 amide bonds. The van der Waals surface area contributed by atoms with Crippen molar-refractivity contribution in [2.75, 3.05) is 6.54 Å². The van der Waals surface area contributed by atoms with Crippen LogP contribution in [0, 0.1) is 0 Å². The number of nitrogens with two attached hydrogens (primary N) is 1. The van der Waals surface area contributed by atoms with Crippen molar-refractivity contribution in [1.82, 2.24) is 5.32 Å². The topological polar surface area (TPSA) is 70.6 Å². The molecule has 1 aromatic rings. The minimum atomic E-state index is 0.153. The number of hydrogen-bond donors (Lipinski definition) is 3. The van der Waals surface area contributed by atoms with E-state index in [2.05, 4.69) is 10.3 Å². The van der Waals surface area contributed by atoms with Crippen LogP contribution >= 0.6 is 0 Å². The van der Waals surface area contributed by atoms with Crippen LogP contribution < -0.4 is 11.1 Å². The standard InChI is InChI=1S/C9H11N3O/c10-9-11-5-8(12-9)6-1-3-7(13)4-2-6/h1-4,8,13H,5H2,(H3,10,11,12)/t8-/m1/s1. The summed E-state index contributed by atoms with van der Waals surface area (Å²) in [7, 11) is 0. The average Bonchev–Trinajstić information content (AvgIpc) is 2.53. The Kier molecular flexibility index (Phi) is 1.81. The van der Waals surface area contributed by atoms with Crippen LogP contribution in [0.5, 0.6) is 5.75 Å². The molecule has 13 heavy (non-hydrogen) atoms. The normalized spacial score (nSPS) is 20.9. The first kappa shape index (κ1) is 7.91. The van der Waals surface area contributed by atoms with Gasteiger partial charge >= 0.3 is 0 Å². The molecule has 4 nitrogen and oxygen atoms in total. The average molecular weight is 177 g/mol. The van der Waals surface area contributed by atoms with E-state index in [1.807, 2.05) is 12.1 Å². The third kappa shape index (κ3) is 1.56. The van der Waals surface area contributed by atoms with Crippen LogP contribution in [0.25, 0.3) is 0 Å². The number of phenols is 1. The van der Waals surface area contributed by atoms with Crippen molar-refractivity contribution < 1.29 is 5.11 Å². The van der Waals surface area contributed by atoms with Gasteiger partial charge in [-0.25, -0.2) is 0 Å². The van der Waals surface area contributed by atoms with Crippen molar-refractivity contribution in [3.63, 3.8) is 0 Å². The highest BCUT2D eigenvalue weighted by atomic mass is 16.3. The zero-order valence-corrected chi connectivity index (χ0v) is 7.07. The fourth-order valence-electron chi connectivity index (χ4n) is 1.35. The molecule has 0 radical (unpaired) electrons. The molecule has 1 atom stereocenters. The zero-order chi connectivity index (χ0) is 9.26. The van der Waals surface area contributed by atoms with Crippen LogP contribution in [0.3, 0.4) is 0 Å². The fourth-order valence-corrected chi connectivity index (χ4v) is 1.35. The highest BCUT2D eigenvalue weighted by Crippen LogP contribution is 2.18. The van der Waals surface area contributed by atoms with E-state index in [9.17, 15) is 0 Å². The maximum Gasteiger partial charge on any atom is 0.189 e. The summed E-state index contributed by atoms with van der Waals surface area (Å²) in [6.07, 6.45) is 0. The number of rotatable bonds is 1. The van der Waals surface area contributed by atoms with E-state index in [0.717, 1.165) is 5.56 Å². The molecule has 1 aliphatic heterocycles. The van der Waals surface area contributed by atoms with Gasteiger partial charge < -0.3 is 16.2 Å². The second-order valence-electron chi connectivity index (χ2n) is 3.01. The number of guanidine groups is 1. The van der Waals surface area contributed by atoms with Gasteiger partial charge in [0.25, 0.3) is 0 Å². The molecule has 0 spiro atoms. The molecule has 1 heterocycles. The Labute approximate surface area is 76.1 Å². The summed E-state index contributed by atoms with van der Waals surface area (Å²) in [4.78, 5) is 4.04. The summed E-state index contributed by atoms with van der Waals surface area (Å²) in [5, 5.41) is 12.1. The molecule has 1 aliphatic rings. The largest absolute Gasteiger partial charge is 0.508 e. The molecule has 2 rings (SSSR count). The molecule has 0 unspecified atom stereocenters. The smallest absolute Gasteiger partial charge is 0.189 e. The predicted molar refractivity (Wildman–Crippen MR) is 50.5 cm³/mol. The Morgan fingerprint density at radius 1 is 1.38 bits per heavy atom. The van der Waals surface area contributed by atoms with Crippen molar-refractivity contribution in [3.8, 4) is 5.75 Å². The summed E-state index contributed by atoms with van der Waals surface area (Å²) in [6.45, 7) is 0.663. The third-order valence-corrected chi connectivity index (χ3v) is 2.06. The van der Waals surface area contributed by atoms with Crippen molar-refractivity contribution in [2.45, 2.75) is 6.04 Å². The third-order valence-electron chi connectivity index (χ3n) is 2.06. The van der Waals surface area contributed by atoms with Crippen molar-refractivity contribution in [2.24, 2.45) is 10.7 Å². The van der Waals surface area contributed by atoms with E-state index in [0.29, 0.717) is 12.5 Å². The highest BCUT2D eigenvalue weighted by Gasteiger charge is 2.16. The van der Waals surface area contributed by atoms with E-state index < -0.39 is 0 Å². The maximum atomic E-state index is 9.08. The first-order valence-corrected chi connectivity index (χ1v) is 4.11. The van der Waals surface area contributed by atoms with E-state index >= 15 is 0 Å². The second-order valence-corrected chi connectivity index (χ2v) is 3.01. The van der Waals surface area contributed by atoms with Gasteiger partial charge in [0.2, 0.25) is 0 Å². The summed E-state index contributed by atoms with van der Waals surface area (Å²) >= 11 is 0. The molecule has 4 N–H and O–H groups in total. The van der Waals surface area contributed by atoms with Gasteiger partial charge in [0.15, 0.2) is 5.96 Å². The van der Waals surface area contributed by atoms with Gasteiger partial charge in [-0.15, -0.1) is 0 Å². The molecule has 0 fully saturated rings. The van der Waals surface area contributed by atoms with Gasteiger partial charge in [0.05, 0.1) is 12.6 Å². The molecule has 4 heteroatoms. The summed E-state index contributed by atoms with van der Waals surface area (Å²) in [5.41, 5.74) is 6.57. The fraction of sp³-hybridized carbons (Fsp3) is 0.222. The molecule has 1 aromatic carbocycles. The lowest BCUT2D eigenvalue weighted by atomic mass is 10.1. The van der Waals surface area contributed by atoms with Gasteiger partial charge in [-0.1, -0.05) is 12.1 Å². The molecule has 68 valence electrons. The van der Waals surface area contributed by atoms with Crippen LogP contribution in [-0.2, 0) is 0 Å². The number of nitrogens with zero attached hydrogens (tertiary/aromatic N) is 1. The van der Waals surface area contributed by atoms with Crippen LogP contribution in [0.2, 0.25) is 0 Å². The van der Waals surface area contributed by atoms with Crippen LogP contribution in [-0.4, -0.2) is 17.6 Å². The van der Waals surface area contributed by atoms with E-state index in [1.165, 1.54) is 0 Å². The van der Waals surface area contributed by atoms with Gasteiger partial charge in [0, 0.05) is 0 Å². The molecule has 0 bridgehead atoms. The van der Waals surface area contributed by atoms with E-state index in [-0.39, 0.29) is 11.8 Å². The molecular formula is C9H11N3O. The first-order valence-electron chi connectivity index (χ1n) is 4.11. The number of aromatic hydroxyl groups is 1. The van der Waals surface area contributed by atoms with Crippen LogP contribution in [0.1, 0.15) is 11.6 Å². The molecule has 0 aromatic heterocycles. The Bertz CT molecular complexity index is 331. The summed E-state index contributed by atoms with van der Waals surface area (Å²) in [5.74, 6) is 0.758. The molecule has 0 saturated heterocycles. The van der Waals surface area contributed by atoms with Crippen molar-refractivity contribution in [1.29, 1.82) is 0 Å². The Hall–Kier alpha value is -1.71. The lowest BCUT2D eigenvalue weighted by Crippen LogP contribution is -2.29. The maximum absolute atomic E-state index is 9.08. The second kappa shape index (κ2) is 2.97. The quantitative estimate of drug-likeness (QED) is 0.579. The molecule has 0 saturated carbocycles. The van der Waals surface area contributed by atoms with Gasteiger partial charge in [-0.3, -0.25) is 4.99 Å².